The van der Waals surface area contributed by atoms with Crippen molar-refractivity contribution in [2.45, 2.75) is 0 Å². The second-order valence-electron chi connectivity index (χ2n) is 2.59. The van der Waals surface area contributed by atoms with E-state index in [9.17, 15) is 4.79 Å². The zero-order valence-electron chi connectivity index (χ0n) is 6.91. The van der Waals surface area contributed by atoms with Gasteiger partial charge in [-0.3, -0.25) is 0 Å². The van der Waals surface area contributed by atoms with Crippen LogP contribution in [-0.2, 0) is 0 Å². The Morgan fingerprint density at radius 3 is 2.71 bits per heavy atom. The van der Waals surface area contributed by atoms with Crippen molar-refractivity contribution < 1.29 is 15.0 Å². The molecule has 0 saturated heterocycles. The van der Waals surface area contributed by atoms with Gasteiger partial charge in [-0.05, 0) is 12.1 Å². The van der Waals surface area contributed by atoms with E-state index in [1.54, 1.807) is 0 Å². The number of carboxylic acid groups (broad SMARTS) is 1. The fourth-order valence-electron chi connectivity index (χ4n) is 1.10. The standard InChI is InChI=1S/C8H6N2O3.ClH/c11-7-4-10-3-5(8(12)13)1-2-6(10)9-7;/h1-4,11H,(H,12,13);1H. The van der Waals surface area contributed by atoms with E-state index in [-0.39, 0.29) is 23.9 Å². The highest BCUT2D eigenvalue weighted by Gasteiger charge is 2.04. The van der Waals surface area contributed by atoms with Crippen molar-refractivity contribution in [3.05, 3.63) is 30.1 Å². The van der Waals surface area contributed by atoms with E-state index >= 15 is 0 Å². The van der Waals surface area contributed by atoms with Gasteiger partial charge in [-0.25, -0.2) is 4.79 Å². The van der Waals surface area contributed by atoms with E-state index in [0.717, 1.165) is 0 Å². The summed E-state index contributed by atoms with van der Waals surface area (Å²) in [5.74, 6) is -1.13. The molecule has 0 spiro atoms. The smallest absolute Gasteiger partial charge is 0.337 e. The normalized spacial score (nSPS) is 9.71. The van der Waals surface area contributed by atoms with Crippen LogP contribution in [0.4, 0.5) is 0 Å². The first-order valence-electron chi connectivity index (χ1n) is 3.58. The van der Waals surface area contributed by atoms with Crippen LogP contribution in [0.25, 0.3) is 5.65 Å². The number of imidazole rings is 1. The molecule has 2 heterocycles. The Balaban J connectivity index is 0.000000980. The van der Waals surface area contributed by atoms with Crippen LogP contribution in [0.3, 0.4) is 0 Å². The molecule has 2 aromatic heterocycles. The van der Waals surface area contributed by atoms with E-state index < -0.39 is 5.97 Å². The first-order chi connectivity index (χ1) is 6.16. The highest BCUT2D eigenvalue weighted by Crippen LogP contribution is 2.11. The minimum atomic E-state index is -1.00. The Kier molecular flexibility index (Phi) is 2.62. The summed E-state index contributed by atoms with van der Waals surface area (Å²) in [5, 5.41) is 17.7. The molecule has 0 saturated carbocycles. The Bertz CT molecular complexity index is 480. The lowest BCUT2D eigenvalue weighted by Crippen LogP contribution is -1.97. The maximum atomic E-state index is 10.6. The lowest BCUT2D eigenvalue weighted by atomic mass is 10.3. The van der Waals surface area contributed by atoms with Gasteiger partial charge in [0.15, 0.2) is 0 Å². The number of hydrogen-bond acceptors (Lipinski definition) is 3. The number of halogens is 1. The van der Waals surface area contributed by atoms with Crippen LogP contribution in [0.2, 0.25) is 0 Å². The third kappa shape index (κ3) is 1.62. The van der Waals surface area contributed by atoms with Crippen molar-refractivity contribution >= 4 is 24.0 Å². The van der Waals surface area contributed by atoms with Crippen LogP contribution < -0.4 is 0 Å². The van der Waals surface area contributed by atoms with E-state index in [1.165, 1.54) is 28.9 Å². The maximum absolute atomic E-state index is 10.6. The summed E-state index contributed by atoms with van der Waals surface area (Å²) < 4.78 is 1.46. The molecule has 2 rings (SSSR count). The summed E-state index contributed by atoms with van der Waals surface area (Å²) in [6.07, 6.45) is 2.74. The zero-order chi connectivity index (χ0) is 9.42. The monoisotopic (exact) mass is 214 g/mol. The fraction of sp³-hybridized carbons (Fsp3) is 0. The molecule has 0 aromatic carbocycles. The van der Waals surface area contributed by atoms with Gasteiger partial charge < -0.3 is 14.6 Å². The largest absolute Gasteiger partial charge is 0.492 e. The number of aromatic nitrogens is 2. The number of carbonyl (C=O) groups is 1. The van der Waals surface area contributed by atoms with E-state index in [4.69, 9.17) is 10.2 Å². The average molecular weight is 215 g/mol. The average Bonchev–Trinajstić information content (AvgIpc) is 2.42. The molecule has 2 aromatic rings. The maximum Gasteiger partial charge on any atom is 0.337 e. The Hall–Kier alpha value is -1.75. The number of nitrogens with zero attached hydrogens (tertiary/aromatic N) is 2. The van der Waals surface area contributed by atoms with Crippen LogP contribution in [0.5, 0.6) is 5.88 Å². The number of carboxylic acids is 1. The number of hydrogen-bond donors (Lipinski definition) is 2. The van der Waals surface area contributed by atoms with Crippen LogP contribution >= 0.6 is 12.4 Å². The summed E-state index contributed by atoms with van der Waals surface area (Å²) in [6.45, 7) is 0. The SMILES string of the molecule is Cl.O=C(O)c1ccc2nc(O)cn2c1. The van der Waals surface area contributed by atoms with Gasteiger partial charge in [0.1, 0.15) is 5.65 Å². The van der Waals surface area contributed by atoms with Gasteiger partial charge in [-0.15, -0.1) is 12.4 Å². The first kappa shape index (κ1) is 10.3. The van der Waals surface area contributed by atoms with Crippen LogP contribution in [-0.4, -0.2) is 25.6 Å². The minimum Gasteiger partial charge on any atom is -0.492 e. The van der Waals surface area contributed by atoms with Gasteiger partial charge in [-0.2, -0.15) is 4.98 Å². The minimum absolute atomic E-state index is 0. The van der Waals surface area contributed by atoms with Gasteiger partial charge in [0.25, 0.3) is 0 Å². The summed E-state index contributed by atoms with van der Waals surface area (Å²) in [6, 6.07) is 2.97. The number of aromatic hydroxyl groups is 1. The number of fused-ring (bicyclic) bond motifs is 1. The fourth-order valence-corrected chi connectivity index (χ4v) is 1.10. The molecule has 14 heavy (non-hydrogen) atoms. The van der Waals surface area contributed by atoms with Crippen molar-refractivity contribution in [1.29, 1.82) is 0 Å². The van der Waals surface area contributed by atoms with Crippen molar-refractivity contribution in [3.8, 4) is 5.88 Å². The van der Waals surface area contributed by atoms with Crippen molar-refractivity contribution in [2.24, 2.45) is 0 Å². The molecular formula is C8H7ClN2O3. The first-order valence-corrected chi connectivity index (χ1v) is 3.58. The second kappa shape index (κ2) is 3.55. The highest BCUT2D eigenvalue weighted by molar-refractivity contribution is 5.87. The molecule has 0 aliphatic rings. The lowest BCUT2D eigenvalue weighted by Gasteiger charge is -1.94. The molecule has 74 valence electrons. The highest BCUT2D eigenvalue weighted by atomic mass is 35.5. The summed E-state index contributed by atoms with van der Waals surface area (Å²) in [5.41, 5.74) is 0.674. The Morgan fingerprint density at radius 2 is 2.07 bits per heavy atom. The Labute approximate surface area is 85.0 Å². The third-order valence-electron chi connectivity index (χ3n) is 1.69. The quantitative estimate of drug-likeness (QED) is 0.747. The van der Waals surface area contributed by atoms with Gasteiger partial charge in [0.2, 0.25) is 5.88 Å². The molecular weight excluding hydrogens is 208 g/mol. The van der Waals surface area contributed by atoms with E-state index in [1.807, 2.05) is 0 Å². The molecule has 0 fully saturated rings. The predicted molar refractivity (Wildman–Crippen MR) is 51.1 cm³/mol. The molecule has 6 heteroatoms. The van der Waals surface area contributed by atoms with Gasteiger partial charge in [-0.1, -0.05) is 0 Å². The molecule has 0 atom stereocenters. The van der Waals surface area contributed by atoms with Crippen LogP contribution in [0, 0.1) is 0 Å². The lowest BCUT2D eigenvalue weighted by molar-refractivity contribution is 0.0696. The molecule has 0 aliphatic carbocycles. The van der Waals surface area contributed by atoms with Crippen LogP contribution in [0.15, 0.2) is 24.5 Å². The molecule has 0 amide bonds. The number of aromatic carboxylic acids is 1. The van der Waals surface area contributed by atoms with E-state index in [2.05, 4.69) is 4.98 Å². The summed E-state index contributed by atoms with van der Waals surface area (Å²) in [7, 11) is 0. The second-order valence-corrected chi connectivity index (χ2v) is 2.59. The summed E-state index contributed by atoms with van der Waals surface area (Å²) in [4.78, 5) is 14.3. The zero-order valence-corrected chi connectivity index (χ0v) is 7.73. The Morgan fingerprint density at radius 1 is 1.36 bits per heavy atom. The number of pyridine rings is 1. The van der Waals surface area contributed by atoms with Crippen molar-refractivity contribution in [2.75, 3.05) is 0 Å². The van der Waals surface area contributed by atoms with E-state index in [0.29, 0.717) is 5.65 Å². The predicted octanol–water partition coefficient (Wildman–Crippen LogP) is 1.16. The van der Waals surface area contributed by atoms with Crippen molar-refractivity contribution in [1.82, 2.24) is 9.38 Å². The number of rotatable bonds is 1. The molecule has 0 radical (unpaired) electrons. The van der Waals surface area contributed by atoms with Crippen molar-refractivity contribution in [3.63, 3.8) is 0 Å². The molecule has 0 unspecified atom stereocenters. The van der Waals surface area contributed by atoms with Gasteiger partial charge in [0, 0.05) is 6.20 Å². The van der Waals surface area contributed by atoms with Gasteiger partial charge >= 0.3 is 5.97 Å². The molecule has 2 N–H and O–H groups in total. The summed E-state index contributed by atoms with van der Waals surface area (Å²) >= 11 is 0. The third-order valence-corrected chi connectivity index (χ3v) is 1.69. The topological polar surface area (TPSA) is 74.8 Å². The molecule has 0 aliphatic heterocycles. The molecule has 5 nitrogen and oxygen atoms in total. The molecule has 0 bridgehead atoms. The van der Waals surface area contributed by atoms with Crippen LogP contribution in [0.1, 0.15) is 10.4 Å². The van der Waals surface area contributed by atoms with Gasteiger partial charge in [0.05, 0.1) is 11.8 Å².